The second-order valence-corrected chi connectivity index (χ2v) is 6.90. The molecule has 3 aromatic rings. The number of nitrogens with one attached hydrogen (secondary N) is 1. The van der Waals surface area contributed by atoms with E-state index in [0.29, 0.717) is 18.1 Å². The molecule has 0 unspecified atom stereocenters. The number of anilines is 2. The van der Waals surface area contributed by atoms with E-state index in [1.807, 2.05) is 56.4 Å². The van der Waals surface area contributed by atoms with E-state index < -0.39 is 0 Å². The Labute approximate surface area is 163 Å². The molecular formula is C21H21N3O2S. The highest BCUT2D eigenvalue weighted by atomic mass is 32.2. The Morgan fingerprint density at radius 2 is 1.93 bits per heavy atom. The summed E-state index contributed by atoms with van der Waals surface area (Å²) in [6.07, 6.45) is 1.61. The third-order valence-electron chi connectivity index (χ3n) is 3.75. The Morgan fingerprint density at radius 1 is 1.11 bits per heavy atom. The minimum absolute atomic E-state index is 0.245. The first-order valence-corrected chi connectivity index (χ1v) is 9.40. The summed E-state index contributed by atoms with van der Waals surface area (Å²) in [6.45, 7) is 2.32. The molecule has 27 heavy (non-hydrogen) atoms. The van der Waals surface area contributed by atoms with Crippen LogP contribution in [0.5, 0.6) is 5.88 Å². The van der Waals surface area contributed by atoms with Crippen molar-refractivity contribution in [2.24, 2.45) is 0 Å². The normalized spacial score (nSPS) is 10.3. The van der Waals surface area contributed by atoms with Gasteiger partial charge in [-0.25, -0.2) is 4.98 Å². The zero-order valence-electron chi connectivity index (χ0n) is 15.3. The number of benzene rings is 2. The molecule has 0 saturated carbocycles. The molecule has 0 fully saturated rings. The number of carbonyl (C=O) groups is 1. The smallest absolute Gasteiger partial charge is 0.261 e. The van der Waals surface area contributed by atoms with Crippen molar-refractivity contribution in [3.05, 3.63) is 78.5 Å². The third kappa shape index (κ3) is 5.01. The maximum absolute atomic E-state index is 12.6. The van der Waals surface area contributed by atoms with Gasteiger partial charge in [0.15, 0.2) is 0 Å². The fraction of sp³-hybridized carbons (Fsp3) is 0.143. The van der Waals surface area contributed by atoms with Crippen molar-refractivity contribution in [3.8, 4) is 5.88 Å². The van der Waals surface area contributed by atoms with Gasteiger partial charge in [-0.15, -0.1) is 0 Å². The summed E-state index contributed by atoms with van der Waals surface area (Å²) < 4.78 is 7.52. The van der Waals surface area contributed by atoms with Crippen molar-refractivity contribution >= 4 is 29.2 Å². The van der Waals surface area contributed by atoms with E-state index in [-0.39, 0.29) is 5.91 Å². The van der Waals surface area contributed by atoms with Gasteiger partial charge in [0, 0.05) is 29.5 Å². The monoisotopic (exact) mass is 379 g/mol. The SMILES string of the molecule is CCOc1ncccc1C(=O)Nc1cccc(SN(C)c2ccccc2)c1. The number of ether oxygens (including phenoxy) is 1. The minimum atomic E-state index is -0.245. The summed E-state index contributed by atoms with van der Waals surface area (Å²) in [7, 11) is 2.01. The second-order valence-electron chi connectivity index (χ2n) is 5.70. The molecule has 138 valence electrons. The zero-order valence-corrected chi connectivity index (χ0v) is 16.1. The Kier molecular flexibility index (Phi) is 6.33. The van der Waals surface area contributed by atoms with Crippen LogP contribution in [0.4, 0.5) is 11.4 Å². The van der Waals surface area contributed by atoms with Gasteiger partial charge < -0.3 is 14.4 Å². The van der Waals surface area contributed by atoms with Gasteiger partial charge in [-0.05, 0) is 61.3 Å². The van der Waals surface area contributed by atoms with Crippen molar-refractivity contribution in [1.82, 2.24) is 4.98 Å². The van der Waals surface area contributed by atoms with Gasteiger partial charge in [0.2, 0.25) is 5.88 Å². The summed E-state index contributed by atoms with van der Waals surface area (Å²) in [6, 6.07) is 21.3. The molecule has 0 atom stereocenters. The highest BCUT2D eigenvalue weighted by Gasteiger charge is 2.14. The molecule has 0 aliphatic rings. The van der Waals surface area contributed by atoms with Gasteiger partial charge in [-0.2, -0.15) is 0 Å². The van der Waals surface area contributed by atoms with Gasteiger partial charge in [0.25, 0.3) is 5.91 Å². The molecule has 0 aliphatic carbocycles. The lowest BCUT2D eigenvalue weighted by Crippen LogP contribution is -2.14. The zero-order chi connectivity index (χ0) is 19.1. The average molecular weight is 379 g/mol. The highest BCUT2D eigenvalue weighted by molar-refractivity contribution is 8.00. The number of rotatable bonds is 7. The largest absolute Gasteiger partial charge is 0.477 e. The fourth-order valence-electron chi connectivity index (χ4n) is 2.49. The molecule has 0 bridgehead atoms. The molecule has 1 heterocycles. The van der Waals surface area contributed by atoms with E-state index in [9.17, 15) is 4.79 Å². The molecule has 1 amide bonds. The number of hydrogen-bond acceptors (Lipinski definition) is 5. The van der Waals surface area contributed by atoms with E-state index in [0.717, 1.165) is 16.3 Å². The van der Waals surface area contributed by atoms with Crippen LogP contribution >= 0.6 is 11.9 Å². The third-order valence-corrected chi connectivity index (χ3v) is 4.70. The van der Waals surface area contributed by atoms with Crippen LogP contribution in [0.25, 0.3) is 0 Å². The number of para-hydroxylation sites is 1. The fourth-order valence-corrected chi connectivity index (χ4v) is 3.36. The molecule has 0 aliphatic heterocycles. The van der Waals surface area contributed by atoms with Crippen LogP contribution in [0.15, 0.2) is 77.8 Å². The number of pyridine rings is 1. The molecule has 3 rings (SSSR count). The van der Waals surface area contributed by atoms with E-state index >= 15 is 0 Å². The molecule has 0 saturated heterocycles. The maximum Gasteiger partial charge on any atom is 0.261 e. The van der Waals surface area contributed by atoms with Crippen LogP contribution in [0.1, 0.15) is 17.3 Å². The summed E-state index contributed by atoms with van der Waals surface area (Å²) in [4.78, 5) is 17.8. The van der Waals surface area contributed by atoms with Gasteiger partial charge in [-0.3, -0.25) is 4.79 Å². The number of amides is 1. The molecule has 5 nitrogen and oxygen atoms in total. The van der Waals surface area contributed by atoms with Crippen molar-refractivity contribution in [2.75, 3.05) is 23.3 Å². The van der Waals surface area contributed by atoms with E-state index in [2.05, 4.69) is 26.7 Å². The standard InChI is InChI=1S/C21H21N3O2S/c1-3-26-21-19(13-8-14-22-21)20(25)23-16-9-7-12-18(15-16)27-24(2)17-10-5-4-6-11-17/h4-15H,3H2,1-2H3,(H,23,25). The van der Waals surface area contributed by atoms with Crippen molar-refractivity contribution in [1.29, 1.82) is 0 Å². The van der Waals surface area contributed by atoms with Gasteiger partial charge in [-0.1, -0.05) is 24.3 Å². The average Bonchev–Trinajstić information content (AvgIpc) is 2.69. The van der Waals surface area contributed by atoms with Crippen LogP contribution in [-0.4, -0.2) is 24.5 Å². The van der Waals surface area contributed by atoms with E-state index in [1.54, 1.807) is 30.3 Å². The molecule has 0 spiro atoms. The summed E-state index contributed by atoms with van der Waals surface area (Å²) in [5.74, 6) is 0.0944. The van der Waals surface area contributed by atoms with Crippen LogP contribution < -0.4 is 14.4 Å². The van der Waals surface area contributed by atoms with E-state index in [4.69, 9.17) is 4.74 Å². The lowest BCUT2D eigenvalue weighted by Gasteiger charge is -2.18. The van der Waals surface area contributed by atoms with Gasteiger partial charge in [0.05, 0.1) is 6.61 Å². The van der Waals surface area contributed by atoms with Gasteiger partial charge in [0.1, 0.15) is 5.56 Å². The van der Waals surface area contributed by atoms with Crippen molar-refractivity contribution in [3.63, 3.8) is 0 Å². The quantitative estimate of drug-likeness (QED) is 0.593. The van der Waals surface area contributed by atoms with Crippen LogP contribution in [-0.2, 0) is 0 Å². The van der Waals surface area contributed by atoms with Crippen molar-refractivity contribution in [2.45, 2.75) is 11.8 Å². The summed E-state index contributed by atoms with van der Waals surface area (Å²) in [5.41, 5.74) is 2.24. The number of hydrogen-bond donors (Lipinski definition) is 1. The number of nitrogens with zero attached hydrogens (tertiary/aromatic N) is 2. The number of carbonyl (C=O) groups excluding carboxylic acids is 1. The molecule has 1 N–H and O–H groups in total. The van der Waals surface area contributed by atoms with Crippen LogP contribution in [0, 0.1) is 0 Å². The second kappa shape index (κ2) is 9.09. The Hall–Kier alpha value is -2.99. The first-order chi connectivity index (χ1) is 13.2. The lowest BCUT2D eigenvalue weighted by molar-refractivity contribution is 0.102. The van der Waals surface area contributed by atoms with Crippen molar-refractivity contribution < 1.29 is 9.53 Å². The molecule has 1 aromatic heterocycles. The first-order valence-electron chi connectivity index (χ1n) is 8.63. The van der Waals surface area contributed by atoms with E-state index in [1.165, 1.54) is 0 Å². The summed E-state index contributed by atoms with van der Waals surface area (Å²) >= 11 is 1.59. The Bertz CT molecular complexity index is 903. The summed E-state index contributed by atoms with van der Waals surface area (Å²) in [5, 5.41) is 2.92. The Morgan fingerprint density at radius 3 is 2.70 bits per heavy atom. The molecule has 2 aromatic carbocycles. The number of aromatic nitrogens is 1. The lowest BCUT2D eigenvalue weighted by atomic mass is 10.2. The maximum atomic E-state index is 12.6. The highest BCUT2D eigenvalue weighted by Crippen LogP contribution is 2.29. The topological polar surface area (TPSA) is 54.5 Å². The molecule has 6 heteroatoms. The molecular weight excluding hydrogens is 358 g/mol. The predicted molar refractivity (Wildman–Crippen MR) is 111 cm³/mol. The predicted octanol–water partition coefficient (Wildman–Crippen LogP) is 4.88. The first kappa shape index (κ1) is 18.8. The van der Waals surface area contributed by atoms with Crippen LogP contribution in [0.2, 0.25) is 0 Å². The minimum Gasteiger partial charge on any atom is -0.477 e. The Balaban J connectivity index is 1.72. The van der Waals surface area contributed by atoms with Crippen LogP contribution in [0.3, 0.4) is 0 Å². The van der Waals surface area contributed by atoms with Gasteiger partial charge >= 0.3 is 0 Å². The molecule has 0 radical (unpaired) electrons.